The number of amides is 1. The molecule has 1 heterocycles. The van der Waals surface area contributed by atoms with Crippen LogP contribution in [0.4, 0.5) is 0 Å². The molecule has 118 valence electrons. The third kappa shape index (κ3) is 4.84. The Morgan fingerprint density at radius 2 is 2.00 bits per heavy atom. The number of methoxy groups -OCH3 is 1. The Morgan fingerprint density at radius 1 is 1.32 bits per heavy atom. The molecule has 0 spiro atoms. The van der Waals surface area contributed by atoms with Gasteiger partial charge in [-0.25, -0.2) is 5.43 Å². The minimum Gasteiger partial charge on any atom is -0.870 e. The maximum absolute atomic E-state index is 11.7. The number of rotatable bonds is 4. The molecule has 0 fully saturated rings. The Morgan fingerprint density at radius 3 is 2.64 bits per heavy atom. The van der Waals surface area contributed by atoms with E-state index in [2.05, 4.69) is 15.5 Å². The van der Waals surface area contributed by atoms with E-state index >= 15 is 0 Å². The van der Waals surface area contributed by atoms with Crippen LogP contribution in [0.2, 0.25) is 0 Å². The van der Waals surface area contributed by atoms with Crippen molar-refractivity contribution in [2.24, 2.45) is 5.10 Å². The van der Waals surface area contributed by atoms with Gasteiger partial charge in [0, 0.05) is 18.0 Å². The molecule has 0 aliphatic carbocycles. The van der Waals surface area contributed by atoms with E-state index in [1.165, 1.54) is 25.7 Å². The molecule has 0 saturated heterocycles. The number of carbonyl (C=O) groups is 1. The predicted octanol–water partition coefficient (Wildman–Crippen LogP) is 1.11. The molecule has 0 unspecified atom stereocenters. The zero-order chi connectivity index (χ0) is 14.4. The van der Waals surface area contributed by atoms with Gasteiger partial charge in [0.2, 0.25) is 5.75 Å². The second-order valence-corrected chi connectivity index (χ2v) is 3.86. The fraction of sp³-hybridized carbons (Fsp3) is 0.0714. The van der Waals surface area contributed by atoms with Gasteiger partial charge in [-0.3, -0.25) is 9.78 Å². The molecule has 0 aliphatic heterocycles. The van der Waals surface area contributed by atoms with E-state index in [-0.39, 0.29) is 33.6 Å². The van der Waals surface area contributed by atoms with Gasteiger partial charge < -0.3 is 15.3 Å². The number of hydrogen-bond acceptors (Lipinski definition) is 5. The van der Waals surface area contributed by atoms with Gasteiger partial charge in [0.25, 0.3) is 5.91 Å². The number of pyridine rings is 1. The van der Waals surface area contributed by atoms with Crippen LogP contribution in [-0.4, -0.2) is 34.8 Å². The van der Waals surface area contributed by atoms with Gasteiger partial charge in [-0.15, -0.1) is 0 Å². The van der Waals surface area contributed by atoms with E-state index in [9.17, 15) is 4.79 Å². The molecule has 4 N–H and O–H groups in total. The molecule has 1 aromatic heterocycles. The summed E-state index contributed by atoms with van der Waals surface area (Å²) in [6.45, 7) is 0. The number of nitrogens with one attached hydrogen (secondary N) is 1. The monoisotopic (exact) mass is 347 g/mol. The first-order chi connectivity index (χ1) is 9.72. The van der Waals surface area contributed by atoms with Crippen molar-refractivity contribution in [3.63, 3.8) is 0 Å². The first kappa shape index (κ1) is 19.6. The molecule has 8 heteroatoms. The SMILES string of the molecule is COc1cccc(C=NNC(=O)c2ccncc2)c1[OH2+].[Ni+2].[OH-]. The second kappa shape index (κ2) is 9.49. The predicted molar refractivity (Wildman–Crippen MR) is 77.3 cm³/mol. The first-order valence-corrected chi connectivity index (χ1v) is 5.84. The molecule has 7 nitrogen and oxygen atoms in total. The van der Waals surface area contributed by atoms with Gasteiger partial charge in [-0.1, -0.05) is 6.07 Å². The quantitative estimate of drug-likeness (QED) is 0.386. The standard InChI is InChI=1S/C14H13N3O3.Ni.H2O/c1-20-12-4-2-3-11(13(12)18)9-16-17-14(19)10-5-7-15-8-6-10;;/h2-9,18H,1H3,(H,17,19);;1H2/q;+2;. The topological polar surface area (TPSA) is 116 Å². The smallest absolute Gasteiger partial charge is 0.870 e. The summed E-state index contributed by atoms with van der Waals surface area (Å²) in [6.07, 6.45) is 4.47. The van der Waals surface area contributed by atoms with Crippen molar-refractivity contribution in [3.05, 3.63) is 53.9 Å². The summed E-state index contributed by atoms with van der Waals surface area (Å²) in [6, 6.07) is 8.34. The summed E-state index contributed by atoms with van der Waals surface area (Å²) in [7, 11) is 1.50. The number of nitrogens with zero attached hydrogens (tertiary/aromatic N) is 2. The summed E-state index contributed by atoms with van der Waals surface area (Å²) >= 11 is 0. The van der Waals surface area contributed by atoms with Crippen LogP contribution in [-0.2, 0) is 16.5 Å². The van der Waals surface area contributed by atoms with Crippen LogP contribution >= 0.6 is 0 Å². The van der Waals surface area contributed by atoms with Crippen molar-refractivity contribution < 1.29 is 36.6 Å². The minimum atomic E-state index is -0.335. The Bertz CT molecular complexity index is 635. The van der Waals surface area contributed by atoms with Crippen molar-refractivity contribution in [1.82, 2.24) is 10.4 Å². The van der Waals surface area contributed by atoms with Crippen LogP contribution in [0.15, 0.2) is 47.8 Å². The van der Waals surface area contributed by atoms with Crippen molar-refractivity contribution in [3.8, 4) is 11.5 Å². The van der Waals surface area contributed by atoms with E-state index in [1.807, 2.05) is 0 Å². The zero-order valence-corrected chi connectivity index (χ0v) is 12.6. The molecule has 0 atom stereocenters. The molecule has 22 heavy (non-hydrogen) atoms. The van der Waals surface area contributed by atoms with Gasteiger partial charge in [0.15, 0.2) is 0 Å². The number of ether oxygens (including phenoxy) is 1. The minimum absolute atomic E-state index is 0. The van der Waals surface area contributed by atoms with Crippen LogP contribution in [0.3, 0.4) is 0 Å². The maximum Gasteiger partial charge on any atom is 2.00 e. The van der Waals surface area contributed by atoms with E-state index in [0.717, 1.165) is 0 Å². The summed E-state index contributed by atoms with van der Waals surface area (Å²) in [4.78, 5) is 15.5. The van der Waals surface area contributed by atoms with Gasteiger partial charge in [0.1, 0.15) is 0 Å². The Kier molecular flexibility index (Phi) is 8.44. The maximum atomic E-state index is 11.7. The Hall–Kier alpha value is -2.44. The summed E-state index contributed by atoms with van der Waals surface area (Å²) < 4.78 is 5.04. The normalized spacial score (nSPS) is 9.50. The van der Waals surface area contributed by atoms with E-state index in [0.29, 0.717) is 16.9 Å². The number of hydrogen-bond donors (Lipinski definition) is 1. The van der Waals surface area contributed by atoms with E-state index < -0.39 is 0 Å². The first-order valence-electron chi connectivity index (χ1n) is 5.84. The van der Waals surface area contributed by atoms with Crippen LogP contribution in [0.5, 0.6) is 11.5 Å². The van der Waals surface area contributed by atoms with Crippen molar-refractivity contribution in [2.45, 2.75) is 0 Å². The van der Waals surface area contributed by atoms with Crippen LogP contribution in [0, 0.1) is 0 Å². The summed E-state index contributed by atoms with van der Waals surface area (Å²) in [5.74, 6) is 0.337. The fourth-order valence-corrected chi connectivity index (χ4v) is 1.55. The summed E-state index contributed by atoms with van der Waals surface area (Å²) in [5.41, 5.74) is 3.41. The number of carbonyl (C=O) groups excluding carboxylic acids is 1. The average Bonchev–Trinajstić information content (AvgIpc) is 2.49. The molecule has 1 aromatic carbocycles. The van der Waals surface area contributed by atoms with Crippen LogP contribution < -0.4 is 10.2 Å². The van der Waals surface area contributed by atoms with E-state index in [4.69, 9.17) is 9.84 Å². The van der Waals surface area contributed by atoms with Gasteiger partial charge in [-0.2, -0.15) is 5.10 Å². The molecule has 0 aliphatic rings. The molecule has 0 radical (unpaired) electrons. The molecule has 0 saturated carbocycles. The Balaban J connectivity index is 0.00000220. The molecule has 2 aromatic rings. The Labute approximate surface area is 137 Å². The number of aromatic nitrogens is 1. The molecule has 1 amide bonds. The van der Waals surface area contributed by atoms with Gasteiger partial charge in [-0.05, 0) is 24.3 Å². The van der Waals surface area contributed by atoms with Crippen molar-refractivity contribution in [2.75, 3.05) is 7.11 Å². The van der Waals surface area contributed by atoms with E-state index in [1.54, 1.807) is 30.3 Å². The third-order valence-electron chi connectivity index (χ3n) is 2.59. The van der Waals surface area contributed by atoms with Crippen molar-refractivity contribution >= 4 is 12.1 Å². The van der Waals surface area contributed by atoms with Gasteiger partial charge in [0.05, 0.1) is 18.9 Å². The fourth-order valence-electron chi connectivity index (χ4n) is 1.55. The number of hydrazone groups is 1. The van der Waals surface area contributed by atoms with Crippen LogP contribution in [0.25, 0.3) is 0 Å². The van der Waals surface area contributed by atoms with Crippen LogP contribution in [0.1, 0.15) is 15.9 Å². The molecular formula is C14H15N3NiO4+2. The largest absolute Gasteiger partial charge is 2.00 e. The van der Waals surface area contributed by atoms with Gasteiger partial charge >= 0.3 is 22.2 Å². The summed E-state index contributed by atoms with van der Waals surface area (Å²) in [5, 5.41) is 11.7. The van der Waals surface area contributed by atoms with Crippen molar-refractivity contribution in [1.29, 1.82) is 0 Å². The molecule has 0 bridgehead atoms. The number of benzene rings is 1. The second-order valence-electron chi connectivity index (χ2n) is 3.86. The average molecular weight is 348 g/mol. The third-order valence-corrected chi connectivity index (χ3v) is 2.59. The molecular weight excluding hydrogens is 333 g/mol. The molecule has 2 rings (SSSR count). The number of para-hydroxylation sites is 1. The zero-order valence-electron chi connectivity index (χ0n) is 11.6.